The standard InChI is InChI=1S/C21H44NO2/c1-21(2,3)24-20(23)18-16-14-12-10-8-7-9-11-13-15-17-19-22(4,5)6/h7-19H2,1-6H3/q+1. The molecule has 0 aliphatic carbocycles. The largest absolute Gasteiger partial charge is 0.460 e. The highest BCUT2D eigenvalue weighted by Crippen LogP contribution is 2.14. The maximum Gasteiger partial charge on any atom is 0.306 e. The molecule has 0 N–H and O–H groups in total. The Kier molecular flexibility index (Phi) is 12.4. The molecular weight excluding hydrogens is 298 g/mol. The Morgan fingerprint density at radius 1 is 0.708 bits per heavy atom. The smallest absolute Gasteiger partial charge is 0.306 e. The van der Waals surface area contributed by atoms with Crippen molar-refractivity contribution in [2.24, 2.45) is 0 Å². The molecule has 0 aromatic rings. The van der Waals surface area contributed by atoms with E-state index in [9.17, 15) is 4.79 Å². The van der Waals surface area contributed by atoms with Crippen LogP contribution in [0.1, 0.15) is 97.8 Å². The number of rotatable bonds is 14. The molecule has 3 heteroatoms. The van der Waals surface area contributed by atoms with Crippen LogP contribution >= 0.6 is 0 Å². The van der Waals surface area contributed by atoms with E-state index in [1.807, 2.05) is 20.8 Å². The summed E-state index contributed by atoms with van der Waals surface area (Å²) in [6, 6.07) is 0. The van der Waals surface area contributed by atoms with Gasteiger partial charge in [-0.2, -0.15) is 0 Å². The van der Waals surface area contributed by atoms with Crippen LogP contribution in [0.15, 0.2) is 0 Å². The second-order valence-electron chi connectivity index (χ2n) is 9.24. The summed E-state index contributed by atoms with van der Waals surface area (Å²) < 4.78 is 6.41. The number of unbranched alkanes of at least 4 members (excludes halogenated alkanes) is 10. The summed E-state index contributed by atoms with van der Waals surface area (Å²) >= 11 is 0. The Hall–Kier alpha value is -0.570. The van der Waals surface area contributed by atoms with Crippen LogP contribution in [0.5, 0.6) is 0 Å². The minimum atomic E-state index is -0.344. The van der Waals surface area contributed by atoms with E-state index >= 15 is 0 Å². The highest BCUT2D eigenvalue weighted by Gasteiger charge is 2.15. The van der Waals surface area contributed by atoms with Crippen LogP contribution in [0.4, 0.5) is 0 Å². The van der Waals surface area contributed by atoms with Crippen LogP contribution < -0.4 is 0 Å². The second kappa shape index (κ2) is 12.7. The summed E-state index contributed by atoms with van der Waals surface area (Å²) in [5.41, 5.74) is -0.344. The number of quaternary nitrogens is 1. The SMILES string of the molecule is CC(C)(C)OC(=O)CCCCCCCCCCCCC[N+](C)(C)C. The molecule has 0 bridgehead atoms. The molecule has 24 heavy (non-hydrogen) atoms. The topological polar surface area (TPSA) is 26.3 Å². The van der Waals surface area contributed by atoms with Gasteiger partial charge >= 0.3 is 5.97 Å². The number of esters is 1. The highest BCUT2D eigenvalue weighted by atomic mass is 16.6. The van der Waals surface area contributed by atoms with Crippen molar-refractivity contribution in [1.29, 1.82) is 0 Å². The van der Waals surface area contributed by atoms with Crippen molar-refractivity contribution in [2.75, 3.05) is 27.7 Å². The first kappa shape index (κ1) is 23.4. The van der Waals surface area contributed by atoms with Crippen molar-refractivity contribution in [3.63, 3.8) is 0 Å². The Labute approximate surface area is 151 Å². The fraction of sp³-hybridized carbons (Fsp3) is 0.952. The van der Waals surface area contributed by atoms with E-state index in [2.05, 4.69) is 21.1 Å². The van der Waals surface area contributed by atoms with Crippen molar-refractivity contribution in [3.8, 4) is 0 Å². The van der Waals surface area contributed by atoms with Crippen LogP contribution in [-0.2, 0) is 9.53 Å². The Morgan fingerprint density at radius 2 is 1.08 bits per heavy atom. The van der Waals surface area contributed by atoms with E-state index in [1.165, 1.54) is 64.3 Å². The van der Waals surface area contributed by atoms with Crippen molar-refractivity contribution in [3.05, 3.63) is 0 Å². The fourth-order valence-corrected chi connectivity index (χ4v) is 2.84. The normalized spacial score (nSPS) is 12.4. The molecule has 0 atom stereocenters. The Bertz CT molecular complexity index is 313. The lowest BCUT2D eigenvalue weighted by molar-refractivity contribution is -0.870. The average Bonchev–Trinajstić information content (AvgIpc) is 2.40. The van der Waals surface area contributed by atoms with Gasteiger partial charge in [-0.1, -0.05) is 51.4 Å². The van der Waals surface area contributed by atoms with E-state index in [4.69, 9.17) is 4.74 Å². The zero-order valence-electron chi connectivity index (χ0n) is 17.5. The number of nitrogens with zero attached hydrogens (tertiary/aromatic N) is 1. The lowest BCUT2D eigenvalue weighted by Crippen LogP contribution is -2.35. The third-order valence-electron chi connectivity index (χ3n) is 4.13. The first-order chi connectivity index (χ1) is 11.1. The molecule has 0 aromatic carbocycles. The van der Waals surface area contributed by atoms with Crippen molar-refractivity contribution < 1.29 is 14.0 Å². The fourth-order valence-electron chi connectivity index (χ4n) is 2.84. The number of carbonyl (C=O) groups excluding carboxylic acids is 1. The van der Waals surface area contributed by atoms with E-state index in [-0.39, 0.29) is 11.6 Å². The summed E-state index contributed by atoms with van der Waals surface area (Å²) in [4.78, 5) is 11.6. The molecule has 144 valence electrons. The Balaban J connectivity index is 3.22. The van der Waals surface area contributed by atoms with Gasteiger partial charge in [-0.25, -0.2) is 0 Å². The number of hydrogen-bond donors (Lipinski definition) is 0. The van der Waals surface area contributed by atoms with Crippen molar-refractivity contribution in [1.82, 2.24) is 0 Å². The summed E-state index contributed by atoms with van der Waals surface area (Å²) in [5, 5.41) is 0. The molecule has 3 nitrogen and oxygen atoms in total. The minimum Gasteiger partial charge on any atom is -0.460 e. The summed E-state index contributed by atoms with van der Waals surface area (Å²) in [6.45, 7) is 7.07. The van der Waals surface area contributed by atoms with Crippen molar-refractivity contribution in [2.45, 2.75) is 103 Å². The number of hydrogen-bond acceptors (Lipinski definition) is 2. The molecule has 0 fully saturated rings. The third-order valence-corrected chi connectivity index (χ3v) is 4.13. The quantitative estimate of drug-likeness (QED) is 0.229. The third kappa shape index (κ3) is 19.5. The highest BCUT2D eigenvalue weighted by molar-refractivity contribution is 5.69. The van der Waals surface area contributed by atoms with Crippen LogP contribution in [-0.4, -0.2) is 43.7 Å². The molecule has 0 saturated heterocycles. The molecule has 0 aliphatic heterocycles. The van der Waals surface area contributed by atoms with Gasteiger partial charge in [-0.15, -0.1) is 0 Å². The van der Waals surface area contributed by atoms with Crippen LogP contribution in [0, 0.1) is 0 Å². The van der Waals surface area contributed by atoms with Gasteiger partial charge in [0.05, 0.1) is 27.7 Å². The minimum absolute atomic E-state index is 0.0484. The van der Waals surface area contributed by atoms with Gasteiger partial charge in [0.25, 0.3) is 0 Å². The van der Waals surface area contributed by atoms with Gasteiger partial charge in [-0.05, 0) is 40.0 Å². The Morgan fingerprint density at radius 3 is 1.46 bits per heavy atom. The summed E-state index contributed by atoms with van der Waals surface area (Å²) in [6.07, 6.45) is 14.9. The van der Waals surface area contributed by atoms with Crippen LogP contribution in [0.3, 0.4) is 0 Å². The molecule has 0 radical (unpaired) electrons. The zero-order chi connectivity index (χ0) is 18.5. The van der Waals surface area contributed by atoms with Gasteiger partial charge in [-0.3, -0.25) is 4.79 Å². The number of carbonyl (C=O) groups is 1. The molecule has 0 aliphatic rings. The van der Waals surface area contributed by atoms with Gasteiger partial charge in [0.1, 0.15) is 5.60 Å². The predicted octanol–water partition coefficient (Wildman–Crippen LogP) is 5.72. The van der Waals surface area contributed by atoms with E-state index < -0.39 is 0 Å². The van der Waals surface area contributed by atoms with Crippen molar-refractivity contribution >= 4 is 5.97 Å². The maximum atomic E-state index is 11.6. The van der Waals surface area contributed by atoms with Crippen LogP contribution in [0.2, 0.25) is 0 Å². The molecule has 0 spiro atoms. The molecule has 0 saturated carbocycles. The first-order valence-corrected chi connectivity index (χ1v) is 10.1. The molecule has 0 rings (SSSR count). The zero-order valence-corrected chi connectivity index (χ0v) is 17.5. The lowest BCUT2D eigenvalue weighted by Gasteiger charge is -2.23. The first-order valence-electron chi connectivity index (χ1n) is 10.1. The predicted molar refractivity (Wildman–Crippen MR) is 104 cm³/mol. The van der Waals surface area contributed by atoms with E-state index in [0.29, 0.717) is 6.42 Å². The molecule has 0 amide bonds. The van der Waals surface area contributed by atoms with Gasteiger partial charge in [0, 0.05) is 6.42 Å². The van der Waals surface area contributed by atoms with E-state index in [1.54, 1.807) is 0 Å². The lowest BCUT2D eigenvalue weighted by atomic mass is 10.0. The summed E-state index contributed by atoms with van der Waals surface area (Å²) in [7, 11) is 6.81. The summed E-state index contributed by atoms with van der Waals surface area (Å²) in [5.74, 6) is -0.0484. The van der Waals surface area contributed by atoms with Gasteiger partial charge in [0.2, 0.25) is 0 Å². The van der Waals surface area contributed by atoms with Crippen LogP contribution in [0.25, 0.3) is 0 Å². The molecular formula is C21H44NO2+. The molecule has 0 heterocycles. The maximum absolute atomic E-state index is 11.6. The molecule has 0 aromatic heterocycles. The monoisotopic (exact) mass is 342 g/mol. The van der Waals surface area contributed by atoms with E-state index in [0.717, 1.165) is 17.3 Å². The molecule has 0 unspecified atom stereocenters. The average molecular weight is 343 g/mol. The number of ether oxygens (including phenoxy) is 1. The second-order valence-corrected chi connectivity index (χ2v) is 9.24. The van der Waals surface area contributed by atoms with Gasteiger partial charge < -0.3 is 9.22 Å². The van der Waals surface area contributed by atoms with Gasteiger partial charge in [0.15, 0.2) is 0 Å².